The van der Waals surface area contributed by atoms with Crippen molar-refractivity contribution in [3.8, 4) is 0 Å². The lowest BCUT2D eigenvalue weighted by molar-refractivity contribution is -0.117. The number of nitrogens with zero attached hydrogens (tertiary/aromatic N) is 3. The Labute approximate surface area is 142 Å². The second-order valence-corrected chi connectivity index (χ2v) is 8.14. The zero-order valence-electron chi connectivity index (χ0n) is 14.1. The van der Waals surface area contributed by atoms with Crippen molar-refractivity contribution in [3.05, 3.63) is 30.5 Å². The Balaban J connectivity index is 1.92. The quantitative estimate of drug-likeness (QED) is 0.822. The third-order valence-corrected chi connectivity index (χ3v) is 6.45. The standard InChI is InChI=1S/C17H23N3O3S/c1-3-18-8-10-20(11-9-18)24(22,23)16-5-4-15-6-7-19(13-14(2)21)17(15)12-16/h4-7,12H,3,8-11,13H2,1-2H3. The maximum Gasteiger partial charge on any atom is 0.243 e. The lowest BCUT2D eigenvalue weighted by Gasteiger charge is -2.33. The Hall–Kier alpha value is -1.70. The van der Waals surface area contributed by atoms with Crippen LogP contribution in [-0.4, -0.2) is 60.7 Å². The molecule has 130 valence electrons. The summed E-state index contributed by atoms with van der Waals surface area (Å²) in [4.78, 5) is 13.9. The topological polar surface area (TPSA) is 62.6 Å². The Morgan fingerprint density at radius 2 is 1.83 bits per heavy atom. The van der Waals surface area contributed by atoms with Gasteiger partial charge in [-0.2, -0.15) is 4.31 Å². The highest BCUT2D eigenvalue weighted by molar-refractivity contribution is 7.89. The smallest absolute Gasteiger partial charge is 0.243 e. The predicted molar refractivity (Wildman–Crippen MR) is 93.5 cm³/mol. The number of carbonyl (C=O) groups is 1. The van der Waals surface area contributed by atoms with Gasteiger partial charge < -0.3 is 9.47 Å². The molecule has 1 saturated heterocycles. The van der Waals surface area contributed by atoms with E-state index in [2.05, 4.69) is 11.8 Å². The molecule has 0 unspecified atom stereocenters. The van der Waals surface area contributed by atoms with Crippen molar-refractivity contribution in [2.24, 2.45) is 0 Å². The average Bonchev–Trinajstić information content (AvgIpc) is 2.96. The zero-order chi connectivity index (χ0) is 17.3. The molecule has 0 saturated carbocycles. The molecule has 1 aromatic heterocycles. The molecule has 0 radical (unpaired) electrons. The van der Waals surface area contributed by atoms with Crippen LogP contribution < -0.4 is 0 Å². The van der Waals surface area contributed by atoms with Gasteiger partial charge in [0.25, 0.3) is 0 Å². The van der Waals surface area contributed by atoms with Crippen molar-refractivity contribution in [1.82, 2.24) is 13.8 Å². The monoisotopic (exact) mass is 349 g/mol. The van der Waals surface area contributed by atoms with Crippen LogP contribution in [0, 0.1) is 0 Å². The van der Waals surface area contributed by atoms with Gasteiger partial charge in [0.1, 0.15) is 5.78 Å². The molecular weight excluding hydrogens is 326 g/mol. The van der Waals surface area contributed by atoms with E-state index in [0.29, 0.717) is 18.0 Å². The molecule has 1 fully saturated rings. The van der Waals surface area contributed by atoms with Crippen molar-refractivity contribution in [2.45, 2.75) is 25.3 Å². The van der Waals surface area contributed by atoms with E-state index in [1.807, 2.05) is 12.3 Å². The van der Waals surface area contributed by atoms with Crippen molar-refractivity contribution in [1.29, 1.82) is 0 Å². The Kier molecular flexibility index (Phi) is 4.76. The summed E-state index contributed by atoms with van der Waals surface area (Å²) in [5.74, 6) is 0.0384. The first-order valence-electron chi connectivity index (χ1n) is 8.22. The number of likely N-dealkylation sites (N-methyl/N-ethyl adjacent to an activating group) is 1. The van der Waals surface area contributed by atoms with Crippen LogP contribution in [0.25, 0.3) is 10.9 Å². The van der Waals surface area contributed by atoms with Crippen molar-refractivity contribution in [2.75, 3.05) is 32.7 Å². The Morgan fingerprint density at radius 1 is 1.12 bits per heavy atom. The second kappa shape index (κ2) is 6.66. The molecule has 1 aromatic carbocycles. The van der Waals surface area contributed by atoms with E-state index in [4.69, 9.17) is 0 Å². The van der Waals surface area contributed by atoms with Crippen molar-refractivity contribution >= 4 is 26.7 Å². The number of hydrogen-bond acceptors (Lipinski definition) is 4. The lowest BCUT2D eigenvalue weighted by Crippen LogP contribution is -2.48. The number of rotatable bonds is 5. The summed E-state index contributed by atoms with van der Waals surface area (Å²) in [6.45, 7) is 7.37. The molecule has 3 rings (SSSR count). The number of aromatic nitrogens is 1. The fourth-order valence-corrected chi connectivity index (χ4v) is 4.58. The molecule has 2 heterocycles. The van der Waals surface area contributed by atoms with Crippen LogP contribution in [0.5, 0.6) is 0 Å². The number of benzene rings is 1. The fourth-order valence-electron chi connectivity index (χ4n) is 3.14. The maximum absolute atomic E-state index is 12.9. The number of sulfonamides is 1. The minimum absolute atomic E-state index is 0.0384. The summed E-state index contributed by atoms with van der Waals surface area (Å²) in [6.07, 6.45) is 1.82. The van der Waals surface area contributed by atoms with Crippen LogP contribution in [0.2, 0.25) is 0 Å². The number of piperazine rings is 1. The highest BCUT2D eigenvalue weighted by Gasteiger charge is 2.28. The summed E-state index contributed by atoms with van der Waals surface area (Å²) in [5, 5.41) is 0.936. The largest absolute Gasteiger partial charge is 0.340 e. The van der Waals surface area contributed by atoms with E-state index in [9.17, 15) is 13.2 Å². The zero-order valence-corrected chi connectivity index (χ0v) is 14.9. The summed E-state index contributed by atoms with van der Waals surface area (Å²) in [5.41, 5.74) is 0.776. The van der Waals surface area contributed by atoms with Gasteiger partial charge in [0.05, 0.1) is 11.4 Å². The molecule has 0 amide bonds. The van der Waals surface area contributed by atoms with Crippen LogP contribution in [0.3, 0.4) is 0 Å². The van der Waals surface area contributed by atoms with Gasteiger partial charge in [-0.1, -0.05) is 13.0 Å². The third kappa shape index (κ3) is 3.24. The molecule has 0 aliphatic carbocycles. The third-order valence-electron chi connectivity index (χ3n) is 4.55. The molecule has 1 aliphatic rings. The van der Waals surface area contributed by atoms with Gasteiger partial charge in [-0.05, 0) is 37.1 Å². The number of fused-ring (bicyclic) bond motifs is 1. The Bertz CT molecular complexity index is 849. The number of Topliss-reactive ketones (excluding diaryl/α,β-unsaturated/α-hetero) is 1. The van der Waals surface area contributed by atoms with E-state index in [0.717, 1.165) is 30.5 Å². The molecule has 24 heavy (non-hydrogen) atoms. The lowest BCUT2D eigenvalue weighted by atomic mass is 10.2. The van der Waals surface area contributed by atoms with Gasteiger partial charge in [-0.3, -0.25) is 4.79 Å². The van der Waals surface area contributed by atoms with Crippen LogP contribution in [-0.2, 0) is 21.4 Å². The molecule has 2 aromatic rings. The van der Waals surface area contributed by atoms with Gasteiger partial charge in [-0.15, -0.1) is 0 Å². The molecule has 6 nitrogen and oxygen atoms in total. The molecule has 7 heteroatoms. The van der Waals surface area contributed by atoms with E-state index >= 15 is 0 Å². The molecule has 0 bridgehead atoms. The highest BCUT2D eigenvalue weighted by Crippen LogP contribution is 2.24. The van der Waals surface area contributed by atoms with Crippen LogP contribution in [0.1, 0.15) is 13.8 Å². The number of ketones is 1. The van der Waals surface area contributed by atoms with Gasteiger partial charge in [0.15, 0.2) is 0 Å². The number of hydrogen-bond donors (Lipinski definition) is 0. The van der Waals surface area contributed by atoms with E-state index < -0.39 is 10.0 Å². The first-order valence-corrected chi connectivity index (χ1v) is 9.66. The summed E-state index contributed by atoms with van der Waals surface area (Å²) >= 11 is 0. The van der Waals surface area contributed by atoms with E-state index in [1.165, 1.54) is 6.92 Å². The predicted octanol–water partition coefficient (Wildman–Crippen LogP) is 1.56. The molecule has 1 aliphatic heterocycles. The first-order chi connectivity index (χ1) is 11.4. The normalized spacial score (nSPS) is 17.4. The minimum Gasteiger partial charge on any atom is -0.340 e. The summed E-state index contributed by atoms with van der Waals surface area (Å²) in [7, 11) is -3.50. The average molecular weight is 349 g/mol. The van der Waals surface area contributed by atoms with Gasteiger partial charge >= 0.3 is 0 Å². The Morgan fingerprint density at radius 3 is 2.46 bits per heavy atom. The van der Waals surface area contributed by atoms with Gasteiger partial charge in [0, 0.05) is 37.9 Å². The summed E-state index contributed by atoms with van der Waals surface area (Å²) < 4.78 is 29.2. The van der Waals surface area contributed by atoms with Crippen molar-refractivity contribution in [3.63, 3.8) is 0 Å². The molecule has 0 N–H and O–H groups in total. The van der Waals surface area contributed by atoms with Crippen LogP contribution in [0.4, 0.5) is 0 Å². The van der Waals surface area contributed by atoms with E-state index in [-0.39, 0.29) is 12.3 Å². The molecule has 0 spiro atoms. The fraction of sp³-hybridized carbons (Fsp3) is 0.471. The van der Waals surface area contributed by atoms with Crippen LogP contribution in [0.15, 0.2) is 35.4 Å². The van der Waals surface area contributed by atoms with E-state index in [1.54, 1.807) is 27.1 Å². The van der Waals surface area contributed by atoms with Gasteiger partial charge in [-0.25, -0.2) is 8.42 Å². The number of carbonyl (C=O) groups excluding carboxylic acids is 1. The SMILES string of the molecule is CCN1CCN(S(=O)(=O)c2ccc3ccn(CC(C)=O)c3c2)CC1. The van der Waals surface area contributed by atoms with Gasteiger partial charge in [0.2, 0.25) is 10.0 Å². The second-order valence-electron chi connectivity index (χ2n) is 6.20. The van der Waals surface area contributed by atoms with Crippen LogP contribution >= 0.6 is 0 Å². The minimum atomic E-state index is -3.50. The highest BCUT2D eigenvalue weighted by atomic mass is 32.2. The first kappa shape index (κ1) is 17.1. The maximum atomic E-state index is 12.9. The summed E-state index contributed by atoms with van der Waals surface area (Å²) in [6, 6.07) is 7.04. The molecule has 0 atom stereocenters. The molecular formula is C17H23N3O3S. The van der Waals surface area contributed by atoms with Crippen molar-refractivity contribution < 1.29 is 13.2 Å².